The maximum atomic E-state index is 12.5. The number of benzene rings is 2. The first-order chi connectivity index (χ1) is 12.0. The van der Waals surface area contributed by atoms with Crippen LogP contribution in [0.1, 0.15) is 16.6 Å². The average molecular weight is 416 g/mol. The van der Waals surface area contributed by atoms with Crippen LogP contribution in [0.15, 0.2) is 59.2 Å². The fourth-order valence-corrected chi connectivity index (χ4v) is 3.37. The van der Waals surface area contributed by atoms with Gasteiger partial charge in [0.25, 0.3) is 5.91 Å². The lowest BCUT2D eigenvalue weighted by molar-refractivity contribution is -0.114. The molecule has 0 fully saturated rings. The molecule has 25 heavy (non-hydrogen) atoms. The predicted octanol–water partition coefficient (Wildman–Crippen LogP) is 4.78. The highest BCUT2D eigenvalue weighted by Crippen LogP contribution is 2.29. The van der Waals surface area contributed by atoms with Crippen molar-refractivity contribution in [3.05, 3.63) is 64.1 Å². The molecule has 0 atom stereocenters. The second-order valence-electron chi connectivity index (χ2n) is 5.22. The van der Waals surface area contributed by atoms with Crippen LogP contribution >= 0.6 is 27.3 Å². The maximum Gasteiger partial charge on any atom is 0.267 e. The summed E-state index contributed by atoms with van der Waals surface area (Å²) in [7, 11) is 0. The van der Waals surface area contributed by atoms with Gasteiger partial charge in [0.05, 0.1) is 17.6 Å². The fraction of sp³-hybridized carbons (Fsp3) is 0.0556. The Morgan fingerprint density at radius 1 is 1.04 bits per heavy atom. The zero-order valence-corrected chi connectivity index (χ0v) is 15.6. The molecule has 2 N–H and O–H groups in total. The van der Waals surface area contributed by atoms with Gasteiger partial charge in [-0.25, -0.2) is 4.98 Å². The summed E-state index contributed by atoms with van der Waals surface area (Å²) < 4.78 is 0.797. The van der Waals surface area contributed by atoms with E-state index in [0.717, 1.165) is 15.0 Å². The molecule has 1 aromatic heterocycles. The lowest BCUT2D eigenvalue weighted by Gasteiger charge is -2.11. The number of halogens is 1. The molecule has 1 heterocycles. The monoisotopic (exact) mass is 415 g/mol. The van der Waals surface area contributed by atoms with Gasteiger partial charge in [0, 0.05) is 17.0 Å². The van der Waals surface area contributed by atoms with Gasteiger partial charge in [-0.2, -0.15) is 0 Å². The summed E-state index contributed by atoms with van der Waals surface area (Å²) in [4.78, 5) is 28.7. The van der Waals surface area contributed by atoms with Crippen LogP contribution in [0.25, 0.3) is 10.6 Å². The number of anilines is 2. The van der Waals surface area contributed by atoms with E-state index >= 15 is 0 Å². The summed E-state index contributed by atoms with van der Waals surface area (Å²) in [6.45, 7) is 1.42. The van der Waals surface area contributed by atoms with Crippen molar-refractivity contribution in [3.63, 3.8) is 0 Å². The molecule has 3 aromatic rings. The van der Waals surface area contributed by atoms with Crippen molar-refractivity contribution in [1.82, 2.24) is 4.98 Å². The lowest BCUT2D eigenvalue weighted by atomic mass is 10.2. The number of carbonyl (C=O) groups excluding carboxylic acids is 2. The standard InChI is InChI=1S/C18H14BrN3O2S/c1-11(23)21-14-8-7-13(19)9-15(14)22-17(24)16-10-20-18(25-16)12-5-3-2-4-6-12/h2-10H,1H3,(H,21,23)(H,22,24). The zero-order chi connectivity index (χ0) is 17.8. The Bertz CT molecular complexity index is 925. The number of amides is 2. The van der Waals surface area contributed by atoms with Crippen molar-refractivity contribution in [2.45, 2.75) is 6.92 Å². The van der Waals surface area contributed by atoms with Crippen molar-refractivity contribution in [2.75, 3.05) is 10.6 Å². The molecule has 2 amide bonds. The number of nitrogens with one attached hydrogen (secondary N) is 2. The van der Waals surface area contributed by atoms with E-state index in [4.69, 9.17) is 0 Å². The number of carbonyl (C=O) groups is 2. The Morgan fingerprint density at radius 2 is 1.80 bits per heavy atom. The Kier molecular flexibility index (Phi) is 5.25. The maximum absolute atomic E-state index is 12.5. The van der Waals surface area contributed by atoms with Crippen LogP contribution in [-0.4, -0.2) is 16.8 Å². The van der Waals surface area contributed by atoms with Gasteiger partial charge in [0.1, 0.15) is 9.88 Å². The van der Waals surface area contributed by atoms with Crippen LogP contribution in [-0.2, 0) is 4.79 Å². The topological polar surface area (TPSA) is 71.1 Å². The van der Waals surface area contributed by atoms with Gasteiger partial charge in [-0.15, -0.1) is 11.3 Å². The first-order valence-electron chi connectivity index (χ1n) is 7.42. The SMILES string of the molecule is CC(=O)Nc1ccc(Br)cc1NC(=O)c1cnc(-c2ccccc2)s1. The summed E-state index contributed by atoms with van der Waals surface area (Å²) in [6, 6.07) is 14.9. The molecule has 0 spiro atoms. The lowest BCUT2D eigenvalue weighted by Crippen LogP contribution is -2.14. The summed E-state index contributed by atoms with van der Waals surface area (Å²) >= 11 is 4.68. The Balaban J connectivity index is 1.82. The van der Waals surface area contributed by atoms with Gasteiger partial charge in [-0.05, 0) is 18.2 Å². The summed E-state index contributed by atoms with van der Waals surface area (Å²) in [5.41, 5.74) is 2.02. The molecular weight excluding hydrogens is 402 g/mol. The number of aromatic nitrogens is 1. The average Bonchev–Trinajstić information content (AvgIpc) is 3.08. The third kappa shape index (κ3) is 4.32. The first-order valence-corrected chi connectivity index (χ1v) is 9.03. The number of hydrogen-bond acceptors (Lipinski definition) is 4. The molecule has 7 heteroatoms. The second kappa shape index (κ2) is 7.58. The number of nitrogens with zero attached hydrogens (tertiary/aromatic N) is 1. The largest absolute Gasteiger partial charge is 0.325 e. The summed E-state index contributed by atoms with van der Waals surface area (Å²) in [5.74, 6) is -0.480. The number of hydrogen-bond donors (Lipinski definition) is 2. The first kappa shape index (κ1) is 17.3. The molecule has 0 unspecified atom stereocenters. The van der Waals surface area contributed by atoms with Crippen LogP contribution in [0.5, 0.6) is 0 Å². The second-order valence-corrected chi connectivity index (χ2v) is 7.17. The third-order valence-corrected chi connectivity index (χ3v) is 4.83. The molecular formula is C18H14BrN3O2S. The fourth-order valence-electron chi connectivity index (χ4n) is 2.20. The van der Waals surface area contributed by atoms with Gasteiger partial charge >= 0.3 is 0 Å². The number of thiazole rings is 1. The van der Waals surface area contributed by atoms with E-state index in [2.05, 4.69) is 31.5 Å². The van der Waals surface area contributed by atoms with Crippen LogP contribution in [0.3, 0.4) is 0 Å². The molecule has 0 bridgehead atoms. The predicted molar refractivity (Wildman–Crippen MR) is 104 cm³/mol. The van der Waals surface area contributed by atoms with Crippen LogP contribution in [0.4, 0.5) is 11.4 Å². The van der Waals surface area contributed by atoms with E-state index in [1.165, 1.54) is 18.3 Å². The van der Waals surface area contributed by atoms with Crippen LogP contribution in [0, 0.1) is 0 Å². The highest BCUT2D eigenvalue weighted by atomic mass is 79.9. The molecule has 3 rings (SSSR count). The summed E-state index contributed by atoms with van der Waals surface area (Å²) in [5, 5.41) is 6.31. The Hall–Kier alpha value is -2.51. The van der Waals surface area contributed by atoms with E-state index in [0.29, 0.717) is 16.3 Å². The van der Waals surface area contributed by atoms with E-state index in [9.17, 15) is 9.59 Å². The summed E-state index contributed by atoms with van der Waals surface area (Å²) in [6.07, 6.45) is 1.55. The van der Waals surface area contributed by atoms with Crippen LogP contribution in [0.2, 0.25) is 0 Å². The minimum Gasteiger partial charge on any atom is -0.325 e. The van der Waals surface area contributed by atoms with Crippen molar-refractivity contribution >= 4 is 50.5 Å². The van der Waals surface area contributed by atoms with E-state index in [1.807, 2.05) is 30.3 Å². The molecule has 0 aliphatic rings. The van der Waals surface area contributed by atoms with Crippen molar-refractivity contribution in [3.8, 4) is 10.6 Å². The quantitative estimate of drug-likeness (QED) is 0.643. The molecule has 2 aromatic carbocycles. The molecule has 0 aliphatic heterocycles. The van der Waals surface area contributed by atoms with E-state index in [-0.39, 0.29) is 11.8 Å². The minimum absolute atomic E-state index is 0.207. The highest BCUT2D eigenvalue weighted by molar-refractivity contribution is 9.10. The molecule has 0 aliphatic carbocycles. The van der Waals surface area contributed by atoms with Crippen molar-refractivity contribution in [2.24, 2.45) is 0 Å². The molecule has 126 valence electrons. The Labute approximate surface area is 157 Å². The van der Waals surface area contributed by atoms with Gasteiger partial charge in [0.2, 0.25) is 5.91 Å². The number of rotatable bonds is 4. The molecule has 5 nitrogen and oxygen atoms in total. The van der Waals surface area contributed by atoms with Gasteiger partial charge in [0.15, 0.2) is 0 Å². The van der Waals surface area contributed by atoms with Gasteiger partial charge in [-0.3, -0.25) is 9.59 Å². The van der Waals surface area contributed by atoms with Gasteiger partial charge < -0.3 is 10.6 Å². The molecule has 0 radical (unpaired) electrons. The van der Waals surface area contributed by atoms with Crippen LogP contribution < -0.4 is 10.6 Å². The van der Waals surface area contributed by atoms with E-state index in [1.54, 1.807) is 24.4 Å². The van der Waals surface area contributed by atoms with Crippen molar-refractivity contribution in [1.29, 1.82) is 0 Å². The normalized spacial score (nSPS) is 10.3. The van der Waals surface area contributed by atoms with Crippen molar-refractivity contribution < 1.29 is 9.59 Å². The molecule has 0 saturated heterocycles. The molecule has 0 saturated carbocycles. The smallest absolute Gasteiger partial charge is 0.267 e. The minimum atomic E-state index is -0.274. The van der Waals surface area contributed by atoms with Gasteiger partial charge in [-0.1, -0.05) is 46.3 Å². The highest BCUT2D eigenvalue weighted by Gasteiger charge is 2.14. The Morgan fingerprint density at radius 3 is 2.52 bits per heavy atom. The van der Waals surface area contributed by atoms with E-state index < -0.39 is 0 Å². The third-order valence-electron chi connectivity index (χ3n) is 3.29. The zero-order valence-electron chi connectivity index (χ0n) is 13.2.